The number of nitrogens with one attached hydrogen (secondary N) is 1. The van der Waals surface area contributed by atoms with Crippen LogP contribution in [0, 0.1) is 13.8 Å². The first-order chi connectivity index (χ1) is 7.58. The monoisotopic (exact) mass is 214 g/mol. The molecule has 0 atom stereocenters. The summed E-state index contributed by atoms with van der Waals surface area (Å²) >= 11 is 0. The van der Waals surface area contributed by atoms with Gasteiger partial charge in [-0.15, -0.1) is 0 Å². The third-order valence-corrected chi connectivity index (χ3v) is 2.52. The summed E-state index contributed by atoms with van der Waals surface area (Å²) in [5.74, 6) is -0.0591. The summed E-state index contributed by atoms with van der Waals surface area (Å²) < 4.78 is 0. The highest BCUT2D eigenvalue weighted by atomic mass is 16.1. The Labute approximate surface area is 94.5 Å². The number of hydrogen-bond acceptors (Lipinski definition) is 2. The first-order valence-electron chi connectivity index (χ1n) is 5.22. The largest absolute Gasteiger partial charge is 0.325 e. The highest BCUT2D eigenvalue weighted by Crippen LogP contribution is 2.26. The average Bonchev–Trinajstić information content (AvgIpc) is 2.22. The second kappa shape index (κ2) is 3.93. The molecule has 3 heteroatoms. The number of aryl methyl sites for hydroxylation is 2. The molecule has 1 N–H and O–H groups in total. The number of pyridine rings is 1. The number of benzene rings is 1. The lowest BCUT2D eigenvalue weighted by atomic mass is 10.1. The van der Waals surface area contributed by atoms with E-state index >= 15 is 0 Å². The molecule has 0 radical (unpaired) electrons. The van der Waals surface area contributed by atoms with E-state index in [0.717, 1.165) is 27.8 Å². The van der Waals surface area contributed by atoms with Gasteiger partial charge in [0.05, 0.1) is 11.2 Å². The van der Waals surface area contributed by atoms with Crippen molar-refractivity contribution in [3.8, 4) is 0 Å². The van der Waals surface area contributed by atoms with Crippen molar-refractivity contribution >= 4 is 22.5 Å². The molecule has 2 aromatic rings. The number of hydrogen-bond donors (Lipinski definition) is 1. The van der Waals surface area contributed by atoms with Crippen LogP contribution in [0.3, 0.4) is 0 Å². The number of anilines is 1. The maximum atomic E-state index is 11.1. The van der Waals surface area contributed by atoms with Crippen LogP contribution in [0.2, 0.25) is 0 Å². The number of carbonyl (C=O) groups is 1. The van der Waals surface area contributed by atoms with Gasteiger partial charge in [0.2, 0.25) is 5.91 Å². The smallest absolute Gasteiger partial charge is 0.221 e. The molecule has 3 nitrogen and oxygen atoms in total. The SMILES string of the molecule is CC(=O)Nc1c(C)ccc2nc(C)ccc12. The van der Waals surface area contributed by atoms with Crippen molar-refractivity contribution in [1.29, 1.82) is 0 Å². The molecule has 0 spiro atoms. The van der Waals surface area contributed by atoms with Gasteiger partial charge in [-0.3, -0.25) is 9.78 Å². The zero-order valence-corrected chi connectivity index (χ0v) is 9.66. The van der Waals surface area contributed by atoms with Crippen molar-refractivity contribution in [2.24, 2.45) is 0 Å². The standard InChI is InChI=1S/C13H14N2O/c1-8-4-7-12-11(6-5-9(2)14-12)13(8)15-10(3)16/h4-7H,1-3H3,(H,15,16). The van der Waals surface area contributed by atoms with E-state index in [4.69, 9.17) is 0 Å². The molecule has 16 heavy (non-hydrogen) atoms. The summed E-state index contributed by atoms with van der Waals surface area (Å²) in [4.78, 5) is 15.6. The molecule has 1 aromatic heterocycles. The zero-order valence-electron chi connectivity index (χ0n) is 9.66. The van der Waals surface area contributed by atoms with Crippen LogP contribution >= 0.6 is 0 Å². The number of amides is 1. The Bertz CT molecular complexity index is 561. The van der Waals surface area contributed by atoms with Crippen molar-refractivity contribution in [2.75, 3.05) is 5.32 Å². The van der Waals surface area contributed by atoms with Crippen LogP contribution in [0.25, 0.3) is 10.9 Å². The Hall–Kier alpha value is -1.90. The van der Waals surface area contributed by atoms with Gasteiger partial charge in [0.1, 0.15) is 0 Å². The first-order valence-corrected chi connectivity index (χ1v) is 5.22. The van der Waals surface area contributed by atoms with E-state index in [1.807, 2.05) is 38.1 Å². The van der Waals surface area contributed by atoms with Crippen LogP contribution in [0.1, 0.15) is 18.2 Å². The molecule has 0 aliphatic rings. The second-order valence-corrected chi connectivity index (χ2v) is 3.96. The van der Waals surface area contributed by atoms with E-state index in [0.29, 0.717) is 0 Å². The van der Waals surface area contributed by atoms with E-state index in [-0.39, 0.29) is 5.91 Å². The van der Waals surface area contributed by atoms with Gasteiger partial charge in [0, 0.05) is 18.0 Å². The third kappa shape index (κ3) is 1.89. The van der Waals surface area contributed by atoms with Gasteiger partial charge < -0.3 is 5.32 Å². The summed E-state index contributed by atoms with van der Waals surface area (Å²) in [7, 11) is 0. The van der Waals surface area contributed by atoms with Gasteiger partial charge in [-0.2, -0.15) is 0 Å². The van der Waals surface area contributed by atoms with E-state index in [2.05, 4.69) is 10.3 Å². The fourth-order valence-corrected chi connectivity index (χ4v) is 1.76. The van der Waals surface area contributed by atoms with Crippen LogP contribution in [0.15, 0.2) is 24.3 Å². The van der Waals surface area contributed by atoms with Gasteiger partial charge in [-0.25, -0.2) is 0 Å². The minimum atomic E-state index is -0.0591. The van der Waals surface area contributed by atoms with E-state index < -0.39 is 0 Å². The summed E-state index contributed by atoms with van der Waals surface area (Å²) in [5, 5.41) is 3.84. The fourth-order valence-electron chi connectivity index (χ4n) is 1.76. The molecule has 0 fully saturated rings. The lowest BCUT2D eigenvalue weighted by Crippen LogP contribution is -2.07. The number of rotatable bonds is 1. The molecule has 2 rings (SSSR count). The Balaban J connectivity index is 2.69. The number of fused-ring (bicyclic) bond motifs is 1. The van der Waals surface area contributed by atoms with Crippen LogP contribution < -0.4 is 5.32 Å². The van der Waals surface area contributed by atoms with Crippen LogP contribution in [0.5, 0.6) is 0 Å². The van der Waals surface area contributed by atoms with E-state index in [1.54, 1.807) is 0 Å². The summed E-state index contributed by atoms with van der Waals surface area (Å²) in [6.07, 6.45) is 0. The molecule has 1 amide bonds. The minimum absolute atomic E-state index is 0.0591. The summed E-state index contributed by atoms with van der Waals surface area (Å²) in [6.45, 7) is 5.45. The highest BCUT2D eigenvalue weighted by molar-refractivity contribution is 6.01. The quantitative estimate of drug-likeness (QED) is 0.793. The molecular weight excluding hydrogens is 200 g/mol. The molecule has 0 saturated carbocycles. The van der Waals surface area contributed by atoms with Crippen LogP contribution in [-0.4, -0.2) is 10.9 Å². The Kier molecular flexibility index (Phi) is 2.60. The molecule has 1 heterocycles. The predicted molar refractivity (Wildman–Crippen MR) is 65.5 cm³/mol. The Morgan fingerprint density at radius 3 is 2.62 bits per heavy atom. The topological polar surface area (TPSA) is 42.0 Å². The van der Waals surface area contributed by atoms with Gasteiger partial charge in [0.15, 0.2) is 0 Å². The van der Waals surface area contributed by atoms with Gasteiger partial charge in [-0.1, -0.05) is 6.07 Å². The van der Waals surface area contributed by atoms with Gasteiger partial charge in [-0.05, 0) is 37.6 Å². The average molecular weight is 214 g/mol. The van der Waals surface area contributed by atoms with E-state index in [9.17, 15) is 4.79 Å². The van der Waals surface area contributed by atoms with Gasteiger partial charge >= 0.3 is 0 Å². The molecule has 0 aliphatic carbocycles. The molecule has 0 unspecified atom stereocenters. The molecule has 82 valence electrons. The minimum Gasteiger partial charge on any atom is -0.325 e. The van der Waals surface area contributed by atoms with Crippen molar-refractivity contribution in [1.82, 2.24) is 4.98 Å². The normalized spacial score (nSPS) is 10.4. The van der Waals surface area contributed by atoms with Gasteiger partial charge in [0.25, 0.3) is 0 Å². The van der Waals surface area contributed by atoms with E-state index in [1.165, 1.54) is 6.92 Å². The van der Waals surface area contributed by atoms with Crippen molar-refractivity contribution in [3.63, 3.8) is 0 Å². The molecule has 0 saturated heterocycles. The molecule has 0 bridgehead atoms. The summed E-state index contributed by atoms with van der Waals surface area (Å²) in [5.41, 5.74) is 3.80. The molecule has 0 aliphatic heterocycles. The fraction of sp³-hybridized carbons (Fsp3) is 0.231. The molecule has 1 aromatic carbocycles. The zero-order chi connectivity index (χ0) is 11.7. The number of nitrogens with zero attached hydrogens (tertiary/aromatic N) is 1. The maximum Gasteiger partial charge on any atom is 0.221 e. The molecular formula is C13H14N2O. The number of aromatic nitrogens is 1. The second-order valence-electron chi connectivity index (χ2n) is 3.96. The number of carbonyl (C=O) groups excluding carboxylic acids is 1. The maximum absolute atomic E-state index is 11.1. The Morgan fingerprint density at radius 1 is 1.19 bits per heavy atom. The van der Waals surface area contributed by atoms with Crippen LogP contribution in [-0.2, 0) is 4.79 Å². The van der Waals surface area contributed by atoms with Crippen molar-refractivity contribution < 1.29 is 4.79 Å². The third-order valence-electron chi connectivity index (χ3n) is 2.52. The predicted octanol–water partition coefficient (Wildman–Crippen LogP) is 2.81. The highest BCUT2D eigenvalue weighted by Gasteiger charge is 2.06. The Morgan fingerprint density at radius 2 is 1.94 bits per heavy atom. The lowest BCUT2D eigenvalue weighted by molar-refractivity contribution is -0.114. The van der Waals surface area contributed by atoms with Crippen molar-refractivity contribution in [3.05, 3.63) is 35.5 Å². The van der Waals surface area contributed by atoms with Crippen molar-refractivity contribution in [2.45, 2.75) is 20.8 Å². The summed E-state index contributed by atoms with van der Waals surface area (Å²) in [6, 6.07) is 7.89. The first kappa shape index (κ1) is 10.6. The van der Waals surface area contributed by atoms with Crippen LogP contribution in [0.4, 0.5) is 5.69 Å². The lowest BCUT2D eigenvalue weighted by Gasteiger charge is -2.10.